The van der Waals surface area contributed by atoms with Crippen molar-refractivity contribution in [3.63, 3.8) is 0 Å². The number of urea groups is 1. The number of para-hydroxylation sites is 1. The topological polar surface area (TPSA) is 50.4 Å². The van der Waals surface area contributed by atoms with Gasteiger partial charge in [-0.15, -0.1) is 11.6 Å². The third kappa shape index (κ3) is 5.46. The molecule has 0 bridgehead atoms. The van der Waals surface area contributed by atoms with Crippen LogP contribution in [0, 0.1) is 0 Å². The molecule has 0 saturated carbocycles. The van der Waals surface area contributed by atoms with Gasteiger partial charge in [-0.2, -0.15) is 0 Å². The fourth-order valence-corrected chi connectivity index (χ4v) is 1.17. The number of alkyl halides is 1. The molecule has 0 spiro atoms. The van der Waals surface area contributed by atoms with Crippen LogP contribution in [0.5, 0.6) is 5.75 Å². The van der Waals surface area contributed by atoms with Gasteiger partial charge in [0.25, 0.3) is 0 Å². The largest absolute Gasteiger partial charge is 0.492 e. The molecule has 16 heavy (non-hydrogen) atoms. The average molecular weight is 243 g/mol. The molecular formula is C11H15ClN2O2. The Labute approximate surface area is 99.9 Å². The lowest BCUT2D eigenvalue weighted by Crippen LogP contribution is -2.38. The van der Waals surface area contributed by atoms with E-state index in [1.54, 1.807) is 0 Å². The zero-order valence-corrected chi connectivity index (χ0v) is 9.67. The highest BCUT2D eigenvalue weighted by Crippen LogP contribution is 2.07. The lowest BCUT2D eigenvalue weighted by Gasteiger charge is -2.08. The molecule has 0 radical (unpaired) electrons. The average Bonchev–Trinajstić information content (AvgIpc) is 2.33. The van der Waals surface area contributed by atoms with Gasteiger partial charge in [0.1, 0.15) is 12.4 Å². The van der Waals surface area contributed by atoms with Gasteiger partial charge in [-0.1, -0.05) is 18.2 Å². The summed E-state index contributed by atoms with van der Waals surface area (Å²) in [7, 11) is 0. The number of hydrogen-bond donors (Lipinski definition) is 2. The second-order valence-electron chi connectivity index (χ2n) is 3.03. The lowest BCUT2D eigenvalue weighted by atomic mass is 10.3. The maximum Gasteiger partial charge on any atom is 0.314 e. The van der Waals surface area contributed by atoms with E-state index in [-0.39, 0.29) is 6.03 Å². The Hall–Kier alpha value is -1.42. The number of rotatable bonds is 6. The van der Waals surface area contributed by atoms with Gasteiger partial charge in [-0.25, -0.2) is 4.79 Å². The van der Waals surface area contributed by atoms with Crippen molar-refractivity contribution < 1.29 is 9.53 Å². The highest BCUT2D eigenvalue weighted by Gasteiger charge is 1.97. The van der Waals surface area contributed by atoms with Gasteiger partial charge >= 0.3 is 6.03 Å². The van der Waals surface area contributed by atoms with E-state index in [9.17, 15) is 4.79 Å². The van der Waals surface area contributed by atoms with Gasteiger partial charge in [0.15, 0.2) is 0 Å². The molecule has 1 aromatic rings. The molecule has 2 N–H and O–H groups in total. The first kappa shape index (κ1) is 12.6. The van der Waals surface area contributed by atoms with Crippen LogP contribution in [0.4, 0.5) is 4.79 Å². The highest BCUT2D eigenvalue weighted by atomic mass is 35.5. The number of carbonyl (C=O) groups excluding carboxylic acids is 1. The van der Waals surface area contributed by atoms with E-state index in [1.807, 2.05) is 30.3 Å². The lowest BCUT2D eigenvalue weighted by molar-refractivity contribution is 0.237. The zero-order chi connectivity index (χ0) is 11.6. The van der Waals surface area contributed by atoms with E-state index in [0.29, 0.717) is 25.6 Å². The molecule has 2 amide bonds. The number of nitrogens with one attached hydrogen (secondary N) is 2. The minimum Gasteiger partial charge on any atom is -0.492 e. The standard InChI is InChI=1S/C11H15ClN2O2/c12-6-7-13-11(15)14-8-9-16-10-4-2-1-3-5-10/h1-5H,6-9H2,(H2,13,14,15). The summed E-state index contributed by atoms with van der Waals surface area (Å²) in [6.45, 7) is 1.37. The minimum absolute atomic E-state index is 0.225. The summed E-state index contributed by atoms with van der Waals surface area (Å²) in [5.41, 5.74) is 0. The fraction of sp³-hybridized carbons (Fsp3) is 0.364. The second-order valence-corrected chi connectivity index (χ2v) is 3.41. The molecule has 0 aliphatic rings. The van der Waals surface area contributed by atoms with Crippen molar-refractivity contribution in [2.45, 2.75) is 0 Å². The smallest absolute Gasteiger partial charge is 0.314 e. The van der Waals surface area contributed by atoms with Crippen molar-refractivity contribution in [1.29, 1.82) is 0 Å². The highest BCUT2D eigenvalue weighted by molar-refractivity contribution is 6.18. The van der Waals surface area contributed by atoms with E-state index < -0.39 is 0 Å². The van der Waals surface area contributed by atoms with Crippen molar-refractivity contribution in [3.05, 3.63) is 30.3 Å². The molecule has 0 aliphatic carbocycles. The van der Waals surface area contributed by atoms with Crippen LogP contribution in [0.2, 0.25) is 0 Å². The van der Waals surface area contributed by atoms with Crippen molar-refractivity contribution in [2.24, 2.45) is 0 Å². The number of carbonyl (C=O) groups is 1. The molecule has 1 aromatic carbocycles. The molecule has 1 rings (SSSR count). The summed E-state index contributed by atoms with van der Waals surface area (Å²) < 4.78 is 5.39. The Bertz CT molecular complexity index is 306. The normalized spacial score (nSPS) is 9.56. The first-order chi connectivity index (χ1) is 7.83. The number of halogens is 1. The maximum atomic E-state index is 11.1. The number of hydrogen-bond acceptors (Lipinski definition) is 2. The minimum atomic E-state index is -0.225. The molecule has 5 heteroatoms. The Balaban J connectivity index is 2.06. The molecule has 0 saturated heterocycles. The predicted octanol–water partition coefficient (Wildman–Crippen LogP) is 1.60. The van der Waals surface area contributed by atoms with E-state index >= 15 is 0 Å². The second kappa shape index (κ2) is 7.82. The summed E-state index contributed by atoms with van der Waals surface area (Å²) in [5.74, 6) is 1.21. The molecule has 0 fully saturated rings. The van der Waals surface area contributed by atoms with E-state index in [0.717, 1.165) is 5.75 Å². The van der Waals surface area contributed by atoms with Gasteiger partial charge in [-0.05, 0) is 12.1 Å². The number of ether oxygens (including phenoxy) is 1. The monoisotopic (exact) mass is 242 g/mol. The van der Waals surface area contributed by atoms with Crippen molar-refractivity contribution in [1.82, 2.24) is 10.6 Å². The predicted molar refractivity (Wildman–Crippen MR) is 64.1 cm³/mol. The van der Waals surface area contributed by atoms with Crippen molar-refractivity contribution >= 4 is 17.6 Å². The first-order valence-electron chi connectivity index (χ1n) is 5.08. The van der Waals surface area contributed by atoms with E-state index in [2.05, 4.69) is 10.6 Å². The molecular weight excluding hydrogens is 228 g/mol. The molecule has 0 heterocycles. The maximum absolute atomic E-state index is 11.1. The Morgan fingerprint density at radius 1 is 1.19 bits per heavy atom. The molecule has 0 aromatic heterocycles. The van der Waals surface area contributed by atoms with Gasteiger partial charge < -0.3 is 15.4 Å². The Kier molecular flexibility index (Phi) is 6.18. The summed E-state index contributed by atoms with van der Waals surface area (Å²) in [4.78, 5) is 11.1. The van der Waals surface area contributed by atoms with Crippen molar-refractivity contribution in [2.75, 3.05) is 25.6 Å². The van der Waals surface area contributed by atoms with Crippen LogP contribution in [0.15, 0.2) is 30.3 Å². The third-order valence-electron chi connectivity index (χ3n) is 1.78. The molecule has 0 atom stereocenters. The third-order valence-corrected chi connectivity index (χ3v) is 1.97. The van der Waals surface area contributed by atoms with Crippen molar-refractivity contribution in [3.8, 4) is 5.75 Å². The summed E-state index contributed by atoms with van der Waals surface area (Å²) in [6, 6.07) is 9.23. The SMILES string of the molecule is O=C(NCCCl)NCCOc1ccccc1. The van der Waals surface area contributed by atoms with Gasteiger partial charge in [0, 0.05) is 12.4 Å². The summed E-state index contributed by atoms with van der Waals surface area (Å²) in [6.07, 6.45) is 0. The van der Waals surface area contributed by atoms with Crippen LogP contribution in [0.25, 0.3) is 0 Å². The fourth-order valence-electron chi connectivity index (χ4n) is 1.07. The molecule has 0 unspecified atom stereocenters. The number of benzene rings is 1. The zero-order valence-electron chi connectivity index (χ0n) is 8.91. The first-order valence-corrected chi connectivity index (χ1v) is 5.62. The molecule has 88 valence electrons. The van der Waals surface area contributed by atoms with Gasteiger partial charge in [-0.3, -0.25) is 0 Å². The molecule has 0 aliphatic heterocycles. The molecule has 4 nitrogen and oxygen atoms in total. The Morgan fingerprint density at radius 2 is 1.88 bits per heavy atom. The van der Waals surface area contributed by atoms with Crippen LogP contribution in [-0.4, -0.2) is 31.6 Å². The van der Waals surface area contributed by atoms with E-state index in [1.165, 1.54) is 0 Å². The summed E-state index contributed by atoms with van der Waals surface area (Å²) >= 11 is 5.42. The number of amides is 2. The van der Waals surface area contributed by atoms with Gasteiger partial charge in [0.05, 0.1) is 6.54 Å². The van der Waals surface area contributed by atoms with Crippen LogP contribution in [0.3, 0.4) is 0 Å². The van der Waals surface area contributed by atoms with Crippen LogP contribution in [-0.2, 0) is 0 Å². The van der Waals surface area contributed by atoms with Crippen LogP contribution in [0.1, 0.15) is 0 Å². The Morgan fingerprint density at radius 3 is 2.56 bits per heavy atom. The van der Waals surface area contributed by atoms with Crippen LogP contribution < -0.4 is 15.4 Å². The van der Waals surface area contributed by atoms with Gasteiger partial charge in [0.2, 0.25) is 0 Å². The summed E-state index contributed by atoms with van der Waals surface area (Å²) in [5, 5.41) is 5.25. The van der Waals surface area contributed by atoms with E-state index in [4.69, 9.17) is 16.3 Å². The van der Waals surface area contributed by atoms with Crippen LogP contribution >= 0.6 is 11.6 Å². The quantitative estimate of drug-likeness (QED) is 0.588.